The van der Waals surface area contributed by atoms with E-state index in [-0.39, 0.29) is 23.2 Å². The molecule has 1 spiro atoms. The van der Waals surface area contributed by atoms with Crippen LogP contribution in [-0.2, 0) is 14.2 Å². The van der Waals surface area contributed by atoms with E-state index >= 15 is 0 Å². The number of hydrogen-bond acceptors (Lipinski definition) is 4. The summed E-state index contributed by atoms with van der Waals surface area (Å²) >= 11 is 0. The smallest absolute Gasteiger partial charge is 0.0940 e. The van der Waals surface area contributed by atoms with Crippen molar-refractivity contribution in [2.24, 2.45) is 5.92 Å². The summed E-state index contributed by atoms with van der Waals surface area (Å²) in [4.78, 5) is 0. The number of rotatable bonds is 3. The van der Waals surface area contributed by atoms with Gasteiger partial charge in [0.05, 0.1) is 23.9 Å². The van der Waals surface area contributed by atoms with Gasteiger partial charge in [-0.15, -0.1) is 0 Å². The van der Waals surface area contributed by atoms with Crippen molar-refractivity contribution in [3.63, 3.8) is 0 Å². The fourth-order valence-electron chi connectivity index (χ4n) is 4.58. The van der Waals surface area contributed by atoms with Crippen LogP contribution in [-0.4, -0.2) is 49.3 Å². The first kappa shape index (κ1) is 15.7. The highest BCUT2D eigenvalue weighted by Gasteiger charge is 2.48. The molecule has 21 heavy (non-hydrogen) atoms. The van der Waals surface area contributed by atoms with Gasteiger partial charge in [-0.25, -0.2) is 0 Å². The maximum atomic E-state index is 11.1. The third-order valence-corrected chi connectivity index (χ3v) is 5.94. The second-order valence-electron chi connectivity index (χ2n) is 7.21. The highest BCUT2D eigenvalue weighted by atomic mass is 16.6. The minimum atomic E-state index is -0.373. The molecule has 122 valence electrons. The molecule has 1 N–H and O–H groups in total. The Hall–Kier alpha value is -0.160. The van der Waals surface area contributed by atoms with Crippen LogP contribution in [0.25, 0.3) is 0 Å². The van der Waals surface area contributed by atoms with Gasteiger partial charge in [0, 0.05) is 26.7 Å². The lowest BCUT2D eigenvalue weighted by atomic mass is 9.74. The van der Waals surface area contributed by atoms with E-state index in [0.717, 1.165) is 45.3 Å². The number of ether oxygens (including phenoxy) is 3. The average molecular weight is 298 g/mol. The summed E-state index contributed by atoms with van der Waals surface area (Å²) < 4.78 is 17.5. The van der Waals surface area contributed by atoms with Gasteiger partial charge in [0.2, 0.25) is 0 Å². The van der Waals surface area contributed by atoms with Gasteiger partial charge >= 0.3 is 0 Å². The van der Waals surface area contributed by atoms with Crippen molar-refractivity contribution in [2.45, 2.75) is 75.1 Å². The molecule has 4 nitrogen and oxygen atoms in total. The van der Waals surface area contributed by atoms with Gasteiger partial charge in [-0.05, 0) is 31.6 Å². The van der Waals surface area contributed by atoms with Crippen LogP contribution in [0, 0.1) is 5.92 Å². The van der Waals surface area contributed by atoms with Crippen LogP contribution in [0.2, 0.25) is 0 Å². The van der Waals surface area contributed by atoms with E-state index < -0.39 is 0 Å². The summed E-state index contributed by atoms with van der Waals surface area (Å²) in [6.07, 6.45) is 9.31. The molecule has 0 radical (unpaired) electrons. The molecule has 2 saturated heterocycles. The Morgan fingerprint density at radius 2 is 1.86 bits per heavy atom. The van der Waals surface area contributed by atoms with E-state index in [4.69, 9.17) is 14.2 Å². The van der Waals surface area contributed by atoms with E-state index in [1.165, 1.54) is 25.7 Å². The Labute approximate surface area is 128 Å². The van der Waals surface area contributed by atoms with Crippen LogP contribution < -0.4 is 0 Å². The van der Waals surface area contributed by atoms with E-state index in [2.05, 4.69) is 0 Å². The molecule has 3 aliphatic rings. The zero-order valence-electron chi connectivity index (χ0n) is 13.3. The molecule has 0 aromatic rings. The Kier molecular flexibility index (Phi) is 4.89. The van der Waals surface area contributed by atoms with Gasteiger partial charge < -0.3 is 19.3 Å². The zero-order chi connectivity index (χ0) is 14.8. The predicted octanol–water partition coefficient (Wildman–Crippen LogP) is 2.67. The van der Waals surface area contributed by atoms with E-state index in [1.54, 1.807) is 7.11 Å². The summed E-state index contributed by atoms with van der Waals surface area (Å²) in [5.74, 6) is 0.276. The van der Waals surface area contributed by atoms with Crippen molar-refractivity contribution >= 4 is 0 Å². The van der Waals surface area contributed by atoms with Gasteiger partial charge in [-0.3, -0.25) is 0 Å². The van der Waals surface area contributed by atoms with Crippen molar-refractivity contribution in [3.8, 4) is 0 Å². The molecule has 3 atom stereocenters. The zero-order valence-corrected chi connectivity index (χ0v) is 13.3. The molecule has 2 heterocycles. The van der Waals surface area contributed by atoms with Crippen LogP contribution >= 0.6 is 0 Å². The Bertz CT molecular complexity index is 330. The second kappa shape index (κ2) is 6.53. The molecule has 3 rings (SSSR count). The molecule has 0 bridgehead atoms. The van der Waals surface area contributed by atoms with Crippen LogP contribution in [0.15, 0.2) is 0 Å². The summed E-state index contributed by atoms with van der Waals surface area (Å²) in [5.41, 5.74) is -0.470. The van der Waals surface area contributed by atoms with Crippen molar-refractivity contribution < 1.29 is 19.3 Å². The van der Waals surface area contributed by atoms with Gasteiger partial charge in [0.25, 0.3) is 0 Å². The first-order chi connectivity index (χ1) is 10.2. The minimum absolute atomic E-state index is 0.135. The van der Waals surface area contributed by atoms with Crippen molar-refractivity contribution in [1.82, 2.24) is 0 Å². The SMILES string of the molecule is COC1(C(O)C2CCOC3(CCOC3)C2)CCCCCC1. The predicted molar refractivity (Wildman–Crippen MR) is 80.3 cm³/mol. The van der Waals surface area contributed by atoms with Gasteiger partial charge in [-0.2, -0.15) is 0 Å². The fourth-order valence-corrected chi connectivity index (χ4v) is 4.58. The monoisotopic (exact) mass is 298 g/mol. The summed E-state index contributed by atoms with van der Waals surface area (Å²) in [5, 5.41) is 11.1. The van der Waals surface area contributed by atoms with Crippen LogP contribution in [0.1, 0.15) is 57.8 Å². The van der Waals surface area contributed by atoms with Gasteiger partial charge in [0.15, 0.2) is 0 Å². The first-order valence-corrected chi connectivity index (χ1v) is 8.65. The Morgan fingerprint density at radius 3 is 2.48 bits per heavy atom. The largest absolute Gasteiger partial charge is 0.390 e. The fraction of sp³-hybridized carbons (Fsp3) is 1.00. The third kappa shape index (κ3) is 3.14. The molecule has 4 heteroatoms. The standard InChI is InChI=1S/C17H30O4/c1-19-17(7-4-2-3-5-8-17)15(18)14-6-10-21-16(12-14)9-11-20-13-16/h14-15,18H,2-13H2,1H3. The van der Waals surface area contributed by atoms with E-state index in [9.17, 15) is 5.11 Å². The highest BCUT2D eigenvalue weighted by Crippen LogP contribution is 2.43. The number of methoxy groups -OCH3 is 1. The second-order valence-corrected chi connectivity index (χ2v) is 7.21. The lowest BCUT2D eigenvalue weighted by molar-refractivity contribution is -0.171. The quantitative estimate of drug-likeness (QED) is 0.814. The third-order valence-electron chi connectivity index (χ3n) is 5.94. The normalized spacial score (nSPS) is 38.3. The number of aliphatic hydroxyl groups is 1. The molecule has 1 saturated carbocycles. The molecule has 2 aliphatic heterocycles. The molecular formula is C17H30O4. The molecular weight excluding hydrogens is 268 g/mol. The summed E-state index contributed by atoms with van der Waals surface area (Å²) in [6, 6.07) is 0. The van der Waals surface area contributed by atoms with E-state index in [1.807, 2.05) is 0 Å². The lowest BCUT2D eigenvalue weighted by Gasteiger charge is -2.45. The van der Waals surface area contributed by atoms with Crippen molar-refractivity contribution in [1.29, 1.82) is 0 Å². The topological polar surface area (TPSA) is 47.9 Å². The van der Waals surface area contributed by atoms with Crippen LogP contribution in [0.3, 0.4) is 0 Å². The van der Waals surface area contributed by atoms with Gasteiger partial charge in [0.1, 0.15) is 0 Å². The van der Waals surface area contributed by atoms with Crippen LogP contribution in [0.5, 0.6) is 0 Å². The molecule has 0 aromatic carbocycles. The molecule has 1 aliphatic carbocycles. The highest BCUT2D eigenvalue weighted by molar-refractivity contribution is 4.99. The lowest BCUT2D eigenvalue weighted by Crippen LogP contribution is -2.52. The van der Waals surface area contributed by atoms with Gasteiger partial charge in [-0.1, -0.05) is 25.7 Å². The molecule has 3 unspecified atom stereocenters. The molecule has 0 amide bonds. The maximum Gasteiger partial charge on any atom is 0.0940 e. The van der Waals surface area contributed by atoms with Crippen molar-refractivity contribution in [2.75, 3.05) is 26.9 Å². The Balaban J connectivity index is 1.71. The minimum Gasteiger partial charge on any atom is -0.390 e. The first-order valence-electron chi connectivity index (χ1n) is 8.65. The summed E-state index contributed by atoms with van der Waals surface area (Å²) in [6.45, 7) is 2.22. The van der Waals surface area contributed by atoms with Crippen LogP contribution in [0.4, 0.5) is 0 Å². The Morgan fingerprint density at radius 1 is 1.10 bits per heavy atom. The maximum absolute atomic E-state index is 11.1. The van der Waals surface area contributed by atoms with E-state index in [0.29, 0.717) is 6.61 Å². The number of aliphatic hydroxyl groups excluding tert-OH is 1. The average Bonchev–Trinajstić information content (AvgIpc) is 2.82. The van der Waals surface area contributed by atoms with Crippen molar-refractivity contribution in [3.05, 3.63) is 0 Å². The molecule has 3 fully saturated rings. The molecule has 0 aromatic heterocycles. The number of hydrogen-bond donors (Lipinski definition) is 1. The summed E-state index contributed by atoms with van der Waals surface area (Å²) in [7, 11) is 1.78.